The average molecular weight is 480 g/mol. The minimum atomic E-state index is -0.855. The minimum Gasteiger partial charge on any atom is -0.490 e. The van der Waals surface area contributed by atoms with Crippen molar-refractivity contribution in [3.8, 4) is 11.5 Å². The molecule has 7 nitrogen and oxygen atoms in total. The summed E-state index contributed by atoms with van der Waals surface area (Å²) in [5.74, 6) is -0.505. The molecule has 0 aromatic heterocycles. The van der Waals surface area contributed by atoms with E-state index >= 15 is 0 Å². The van der Waals surface area contributed by atoms with Gasteiger partial charge in [-0.1, -0.05) is 54.1 Å². The van der Waals surface area contributed by atoms with E-state index in [1.165, 1.54) is 6.21 Å². The Hall–Kier alpha value is -3.84. The van der Waals surface area contributed by atoms with Crippen LogP contribution in [0.25, 0.3) is 0 Å². The van der Waals surface area contributed by atoms with Crippen LogP contribution in [0, 0.1) is 0 Å². The molecule has 1 atom stereocenters. The molecule has 0 aliphatic rings. The summed E-state index contributed by atoms with van der Waals surface area (Å²) in [6.07, 6.45) is 1.43. The van der Waals surface area contributed by atoms with E-state index in [2.05, 4.69) is 15.8 Å². The fraction of sp³-hybridized carbons (Fsp3) is 0.192. The van der Waals surface area contributed by atoms with Gasteiger partial charge in [0.2, 0.25) is 0 Å². The maximum atomic E-state index is 12.1. The number of ether oxygens (including phenoxy) is 2. The smallest absolute Gasteiger partial charge is 0.329 e. The SMILES string of the molecule is CCOc1cc(/C=N\NC(=O)C(=O)N[C@H](C)c2ccccc2)ccc1OCc1ccc(Cl)cc1. The van der Waals surface area contributed by atoms with Gasteiger partial charge in [-0.25, -0.2) is 5.43 Å². The Labute approximate surface area is 203 Å². The number of nitrogens with one attached hydrogen (secondary N) is 2. The van der Waals surface area contributed by atoms with E-state index in [0.717, 1.165) is 11.1 Å². The van der Waals surface area contributed by atoms with Gasteiger partial charge in [0.1, 0.15) is 6.61 Å². The van der Waals surface area contributed by atoms with Crippen LogP contribution in [0.3, 0.4) is 0 Å². The maximum Gasteiger partial charge on any atom is 0.329 e. The van der Waals surface area contributed by atoms with E-state index in [-0.39, 0.29) is 6.04 Å². The third-order valence-corrected chi connectivity index (χ3v) is 5.06. The van der Waals surface area contributed by atoms with Gasteiger partial charge in [-0.05, 0) is 60.9 Å². The summed E-state index contributed by atoms with van der Waals surface area (Å²) in [6.45, 7) is 4.49. The quantitative estimate of drug-likeness (QED) is 0.266. The lowest BCUT2D eigenvalue weighted by Gasteiger charge is -2.13. The number of hydrogen-bond acceptors (Lipinski definition) is 5. The number of amides is 2. The molecule has 0 spiro atoms. The van der Waals surface area contributed by atoms with Crippen molar-refractivity contribution < 1.29 is 19.1 Å². The highest BCUT2D eigenvalue weighted by Crippen LogP contribution is 2.29. The molecule has 0 aliphatic carbocycles. The van der Waals surface area contributed by atoms with E-state index in [9.17, 15) is 9.59 Å². The third kappa shape index (κ3) is 7.35. The van der Waals surface area contributed by atoms with Gasteiger partial charge in [-0.3, -0.25) is 9.59 Å². The molecule has 3 aromatic carbocycles. The molecule has 176 valence electrons. The van der Waals surface area contributed by atoms with Crippen molar-refractivity contribution >= 4 is 29.6 Å². The Balaban J connectivity index is 1.56. The average Bonchev–Trinajstić information content (AvgIpc) is 2.85. The minimum absolute atomic E-state index is 0.308. The zero-order valence-corrected chi connectivity index (χ0v) is 19.7. The lowest BCUT2D eigenvalue weighted by molar-refractivity contribution is -0.139. The van der Waals surface area contributed by atoms with Gasteiger partial charge in [0, 0.05) is 5.02 Å². The molecule has 0 radical (unpaired) electrons. The number of rotatable bonds is 9. The molecule has 0 aliphatic heterocycles. The zero-order valence-electron chi connectivity index (χ0n) is 19.0. The molecule has 0 unspecified atom stereocenters. The monoisotopic (exact) mass is 479 g/mol. The standard InChI is InChI=1S/C26H26ClN3O4/c1-3-33-24-15-20(11-14-23(24)34-17-19-9-12-22(27)13-10-19)16-28-30-26(32)25(31)29-18(2)21-7-5-4-6-8-21/h4-16,18H,3,17H2,1-2H3,(H,29,31)(H,30,32)/b28-16-/t18-/m1/s1. The van der Waals surface area contributed by atoms with Gasteiger partial charge < -0.3 is 14.8 Å². The van der Waals surface area contributed by atoms with E-state index in [0.29, 0.717) is 35.3 Å². The Morgan fingerprint density at radius 3 is 2.41 bits per heavy atom. The summed E-state index contributed by atoms with van der Waals surface area (Å²) < 4.78 is 11.6. The van der Waals surface area contributed by atoms with Gasteiger partial charge in [0.25, 0.3) is 0 Å². The summed E-state index contributed by atoms with van der Waals surface area (Å²) >= 11 is 5.92. The van der Waals surface area contributed by atoms with E-state index in [1.807, 2.05) is 49.4 Å². The zero-order chi connectivity index (χ0) is 24.3. The predicted octanol–water partition coefficient (Wildman–Crippen LogP) is 4.65. The molecule has 0 saturated carbocycles. The summed E-state index contributed by atoms with van der Waals surface area (Å²) in [6, 6.07) is 21.7. The predicted molar refractivity (Wildman–Crippen MR) is 132 cm³/mol. The van der Waals surface area contributed by atoms with E-state index in [4.69, 9.17) is 21.1 Å². The summed E-state index contributed by atoms with van der Waals surface area (Å²) in [5.41, 5.74) is 4.78. The topological polar surface area (TPSA) is 89.0 Å². The number of halogens is 1. The molecule has 3 aromatic rings. The highest BCUT2D eigenvalue weighted by Gasteiger charge is 2.16. The molecule has 0 fully saturated rings. The normalized spacial score (nSPS) is 11.6. The largest absolute Gasteiger partial charge is 0.490 e. The first kappa shape index (κ1) is 24.8. The second-order valence-corrected chi connectivity index (χ2v) is 7.80. The van der Waals surface area contributed by atoms with Gasteiger partial charge in [-0.15, -0.1) is 0 Å². The fourth-order valence-electron chi connectivity index (χ4n) is 3.04. The van der Waals surface area contributed by atoms with Crippen molar-refractivity contribution in [1.82, 2.24) is 10.7 Å². The molecule has 0 bridgehead atoms. The summed E-state index contributed by atoms with van der Waals surface area (Å²) in [7, 11) is 0. The Morgan fingerprint density at radius 1 is 0.971 bits per heavy atom. The molecule has 8 heteroatoms. The lowest BCUT2D eigenvalue weighted by atomic mass is 10.1. The third-order valence-electron chi connectivity index (χ3n) is 4.81. The molecule has 0 heterocycles. The molecule has 2 amide bonds. The lowest BCUT2D eigenvalue weighted by Crippen LogP contribution is -2.39. The molecular weight excluding hydrogens is 454 g/mol. The number of carbonyl (C=O) groups excluding carboxylic acids is 2. The molecule has 0 saturated heterocycles. The number of benzene rings is 3. The van der Waals surface area contributed by atoms with Crippen LogP contribution < -0.4 is 20.2 Å². The van der Waals surface area contributed by atoms with Crippen molar-refractivity contribution in [3.05, 3.63) is 94.5 Å². The second kappa shape index (κ2) is 12.4. The Morgan fingerprint density at radius 2 is 1.71 bits per heavy atom. The first-order chi connectivity index (χ1) is 16.5. The van der Waals surface area contributed by atoms with Crippen molar-refractivity contribution in [3.63, 3.8) is 0 Å². The van der Waals surface area contributed by atoms with Crippen LogP contribution in [0.15, 0.2) is 77.9 Å². The first-order valence-electron chi connectivity index (χ1n) is 10.8. The van der Waals surface area contributed by atoms with Crippen molar-refractivity contribution in [2.24, 2.45) is 5.10 Å². The van der Waals surface area contributed by atoms with Crippen LogP contribution in [-0.2, 0) is 16.2 Å². The van der Waals surface area contributed by atoms with E-state index in [1.54, 1.807) is 37.3 Å². The van der Waals surface area contributed by atoms with Gasteiger partial charge in [-0.2, -0.15) is 5.10 Å². The van der Waals surface area contributed by atoms with Gasteiger partial charge in [0.05, 0.1) is 18.9 Å². The second-order valence-electron chi connectivity index (χ2n) is 7.36. The maximum absolute atomic E-state index is 12.1. The summed E-state index contributed by atoms with van der Waals surface area (Å²) in [4.78, 5) is 24.2. The molecule has 2 N–H and O–H groups in total. The van der Waals surface area contributed by atoms with Crippen molar-refractivity contribution in [1.29, 1.82) is 0 Å². The Kier molecular flexibility index (Phi) is 9.05. The fourth-order valence-corrected chi connectivity index (χ4v) is 3.16. The van der Waals surface area contributed by atoms with Crippen LogP contribution in [0.4, 0.5) is 0 Å². The van der Waals surface area contributed by atoms with Gasteiger partial charge >= 0.3 is 11.8 Å². The highest BCUT2D eigenvalue weighted by molar-refractivity contribution is 6.35. The van der Waals surface area contributed by atoms with Crippen LogP contribution in [0.5, 0.6) is 11.5 Å². The number of nitrogens with zero attached hydrogens (tertiary/aromatic N) is 1. The number of carbonyl (C=O) groups is 2. The van der Waals surface area contributed by atoms with Crippen molar-refractivity contribution in [2.75, 3.05) is 6.61 Å². The van der Waals surface area contributed by atoms with Crippen LogP contribution in [0.1, 0.15) is 36.6 Å². The van der Waals surface area contributed by atoms with E-state index < -0.39 is 11.8 Å². The van der Waals surface area contributed by atoms with Gasteiger partial charge in [0.15, 0.2) is 11.5 Å². The van der Waals surface area contributed by atoms with Crippen LogP contribution in [-0.4, -0.2) is 24.6 Å². The Bertz CT molecular complexity index is 1130. The number of hydrogen-bond donors (Lipinski definition) is 2. The molecular formula is C26H26ClN3O4. The van der Waals surface area contributed by atoms with Crippen molar-refractivity contribution in [2.45, 2.75) is 26.5 Å². The number of hydrazone groups is 1. The van der Waals surface area contributed by atoms with Crippen LogP contribution in [0.2, 0.25) is 5.02 Å². The molecule has 3 rings (SSSR count). The highest BCUT2D eigenvalue weighted by atomic mass is 35.5. The molecule has 34 heavy (non-hydrogen) atoms. The summed E-state index contributed by atoms with van der Waals surface area (Å²) in [5, 5.41) is 7.19. The van der Waals surface area contributed by atoms with Crippen LogP contribution >= 0.6 is 11.6 Å². The first-order valence-corrected chi connectivity index (χ1v) is 11.2.